The van der Waals surface area contributed by atoms with Crippen LogP contribution in [0, 0.1) is 11.7 Å². The van der Waals surface area contributed by atoms with E-state index in [0.717, 1.165) is 0 Å². The van der Waals surface area contributed by atoms with Crippen molar-refractivity contribution in [2.45, 2.75) is 55.5 Å². The summed E-state index contributed by atoms with van der Waals surface area (Å²) in [6, 6.07) is 24.6. The standard InChI is InChI=1S/C37H36FNO12S/c38-23-11-6-21(7-12-23)28(40)17-16-27-31(39(36(27)45)24-4-2-1-3-5-24)26-15-10-22(18-29(26)41)20-8-13-25(14-9-20)51-52(48,49)19-30-32(42)33(43)34(44)35(50-30)37(46)47/h1-15,18,27-28,30-35,40-44H,16-17,19H2,(H,46,47)/t27-,28+,30+,31-,32?,33?,34+,35?/m1/s1. The first kappa shape index (κ1) is 36.9. The molecular formula is C37H36FNO12S. The number of para-hydroxylation sites is 1. The third-order valence-electron chi connectivity index (χ3n) is 9.34. The van der Waals surface area contributed by atoms with Crippen molar-refractivity contribution in [3.05, 3.63) is 114 Å². The zero-order chi connectivity index (χ0) is 37.3. The van der Waals surface area contributed by atoms with Gasteiger partial charge in [-0.05, 0) is 72.0 Å². The van der Waals surface area contributed by atoms with Crippen LogP contribution in [0.25, 0.3) is 11.1 Å². The van der Waals surface area contributed by atoms with Gasteiger partial charge < -0.3 is 44.5 Å². The van der Waals surface area contributed by atoms with E-state index in [1.54, 1.807) is 41.3 Å². The fourth-order valence-corrected chi connectivity index (χ4v) is 7.75. The second-order valence-corrected chi connectivity index (χ2v) is 14.4. The van der Waals surface area contributed by atoms with Crippen LogP contribution in [0.1, 0.15) is 36.1 Å². The number of aliphatic hydroxyl groups excluding tert-OH is 4. The molecule has 2 aliphatic heterocycles. The molecule has 0 aromatic heterocycles. The lowest BCUT2D eigenvalue weighted by molar-refractivity contribution is -0.223. The SMILES string of the molecule is O=C(O)C1O[C@@H](CS(=O)(=O)Oc2ccc(-c3ccc([C@@H]4[C@@H](CC[C@H](O)c5ccc(F)cc5)C(=O)N4c4ccccc4)c(O)c3)cc2)C(O)C(O)[C@@H]1O. The van der Waals surface area contributed by atoms with Gasteiger partial charge in [0.15, 0.2) is 6.10 Å². The van der Waals surface area contributed by atoms with Gasteiger partial charge in [0.1, 0.15) is 47.5 Å². The van der Waals surface area contributed by atoms with E-state index in [1.165, 1.54) is 54.6 Å². The number of anilines is 1. The molecule has 2 aliphatic rings. The Bertz CT molecular complexity index is 2010. The summed E-state index contributed by atoms with van der Waals surface area (Å²) in [5, 5.41) is 61.3. The van der Waals surface area contributed by atoms with E-state index in [2.05, 4.69) is 0 Å². The number of carboxylic acid groups (broad SMARTS) is 1. The van der Waals surface area contributed by atoms with Crippen LogP contribution in [0.5, 0.6) is 11.5 Å². The minimum Gasteiger partial charge on any atom is -0.508 e. The molecule has 2 fully saturated rings. The monoisotopic (exact) mass is 737 g/mol. The zero-order valence-electron chi connectivity index (χ0n) is 27.3. The van der Waals surface area contributed by atoms with Crippen LogP contribution in [-0.2, 0) is 24.4 Å². The number of amides is 1. The van der Waals surface area contributed by atoms with E-state index >= 15 is 0 Å². The number of phenols is 1. The summed E-state index contributed by atoms with van der Waals surface area (Å²) in [7, 11) is -4.49. The summed E-state index contributed by atoms with van der Waals surface area (Å²) in [5.41, 5.74) is 2.78. The molecule has 0 saturated carbocycles. The van der Waals surface area contributed by atoms with Crippen molar-refractivity contribution in [3.8, 4) is 22.6 Å². The number of aliphatic carboxylic acids is 1. The molecule has 15 heteroatoms. The number of aliphatic hydroxyl groups is 4. The Labute approximate surface area is 297 Å². The van der Waals surface area contributed by atoms with Crippen molar-refractivity contribution in [2.75, 3.05) is 10.7 Å². The van der Waals surface area contributed by atoms with Crippen LogP contribution < -0.4 is 9.08 Å². The summed E-state index contributed by atoms with van der Waals surface area (Å²) in [5.74, 6) is -4.04. The maximum absolute atomic E-state index is 13.5. The van der Waals surface area contributed by atoms with Crippen molar-refractivity contribution in [1.82, 2.24) is 0 Å². The van der Waals surface area contributed by atoms with Gasteiger partial charge in [0, 0.05) is 11.3 Å². The average Bonchev–Trinajstić information content (AvgIpc) is 3.11. The average molecular weight is 738 g/mol. The highest BCUT2D eigenvalue weighted by atomic mass is 32.2. The van der Waals surface area contributed by atoms with E-state index in [4.69, 9.17) is 8.92 Å². The van der Waals surface area contributed by atoms with Gasteiger partial charge in [0.25, 0.3) is 0 Å². The van der Waals surface area contributed by atoms with Crippen molar-refractivity contribution < 1.29 is 62.0 Å². The topological polar surface area (TPSA) is 211 Å². The molecule has 3 unspecified atom stereocenters. The number of halogens is 1. The summed E-state index contributed by atoms with van der Waals surface area (Å²) in [6.07, 6.45) is -9.89. The van der Waals surface area contributed by atoms with E-state index < -0.39 is 76.2 Å². The number of β-lactam (4-membered cyclic amide) rings is 1. The second kappa shape index (κ2) is 15.0. The molecule has 6 rings (SSSR count). The molecule has 6 N–H and O–H groups in total. The van der Waals surface area contributed by atoms with Gasteiger partial charge in [-0.1, -0.05) is 54.6 Å². The number of benzene rings is 4. The highest BCUT2D eigenvalue weighted by Gasteiger charge is 2.50. The molecule has 0 bridgehead atoms. The predicted molar refractivity (Wildman–Crippen MR) is 183 cm³/mol. The normalized spacial score (nSPS) is 25.3. The minimum atomic E-state index is -4.49. The smallest absolute Gasteiger partial charge is 0.335 e. The number of phenolic OH excluding ortho intramolecular Hbond substituents is 1. The van der Waals surface area contributed by atoms with Crippen LogP contribution in [0.4, 0.5) is 10.1 Å². The number of carbonyl (C=O) groups excluding carboxylic acids is 1. The lowest BCUT2D eigenvalue weighted by Gasteiger charge is -2.48. The summed E-state index contributed by atoms with van der Waals surface area (Å²) >= 11 is 0. The molecule has 8 atom stereocenters. The maximum Gasteiger partial charge on any atom is 0.335 e. The van der Waals surface area contributed by atoms with E-state index in [9.17, 15) is 53.0 Å². The molecule has 0 aliphatic carbocycles. The van der Waals surface area contributed by atoms with Crippen molar-refractivity contribution in [3.63, 3.8) is 0 Å². The first-order valence-electron chi connectivity index (χ1n) is 16.3. The van der Waals surface area contributed by atoms with Gasteiger partial charge in [0.2, 0.25) is 5.91 Å². The van der Waals surface area contributed by atoms with Crippen molar-refractivity contribution in [1.29, 1.82) is 0 Å². The zero-order valence-corrected chi connectivity index (χ0v) is 28.2. The second-order valence-electron chi connectivity index (χ2n) is 12.8. The number of carbonyl (C=O) groups is 2. The first-order valence-corrected chi connectivity index (χ1v) is 17.9. The Kier molecular flexibility index (Phi) is 10.6. The Balaban J connectivity index is 1.16. The molecule has 4 aromatic carbocycles. The number of aromatic hydroxyl groups is 1. The number of nitrogens with zero attached hydrogens (tertiary/aromatic N) is 1. The molecule has 52 heavy (non-hydrogen) atoms. The summed E-state index contributed by atoms with van der Waals surface area (Å²) in [6.45, 7) is 0. The number of hydrogen-bond donors (Lipinski definition) is 6. The molecule has 1 amide bonds. The number of carboxylic acids is 1. The molecule has 2 heterocycles. The Morgan fingerprint density at radius 2 is 1.54 bits per heavy atom. The largest absolute Gasteiger partial charge is 0.508 e. The predicted octanol–water partition coefficient (Wildman–Crippen LogP) is 3.06. The van der Waals surface area contributed by atoms with Gasteiger partial charge in [-0.2, -0.15) is 8.42 Å². The van der Waals surface area contributed by atoms with Crippen LogP contribution in [0.15, 0.2) is 97.1 Å². The van der Waals surface area contributed by atoms with Gasteiger partial charge in [0.05, 0.1) is 18.1 Å². The molecule has 13 nitrogen and oxygen atoms in total. The molecule has 0 radical (unpaired) electrons. The first-order chi connectivity index (χ1) is 24.7. The Morgan fingerprint density at radius 3 is 2.17 bits per heavy atom. The lowest BCUT2D eigenvalue weighted by Crippen LogP contribution is -2.61. The molecule has 274 valence electrons. The quantitative estimate of drug-likeness (QED) is 0.0916. The number of rotatable bonds is 12. The fraction of sp³-hybridized carbons (Fsp3) is 0.297. The van der Waals surface area contributed by atoms with Gasteiger partial charge in [-0.25, -0.2) is 9.18 Å². The maximum atomic E-state index is 13.5. The van der Waals surface area contributed by atoms with Crippen LogP contribution in [-0.4, -0.2) is 87.2 Å². The van der Waals surface area contributed by atoms with Gasteiger partial charge in [-0.3, -0.25) is 4.79 Å². The number of hydrogen-bond acceptors (Lipinski definition) is 11. The van der Waals surface area contributed by atoms with Crippen molar-refractivity contribution in [2.24, 2.45) is 5.92 Å². The Morgan fingerprint density at radius 1 is 0.885 bits per heavy atom. The highest BCUT2D eigenvalue weighted by Crippen LogP contribution is 2.49. The highest BCUT2D eigenvalue weighted by molar-refractivity contribution is 7.87. The van der Waals surface area contributed by atoms with E-state index in [-0.39, 0.29) is 23.8 Å². The third kappa shape index (κ3) is 7.65. The fourth-order valence-electron chi connectivity index (χ4n) is 6.60. The lowest BCUT2D eigenvalue weighted by atomic mass is 9.77. The molecule has 4 aromatic rings. The molecular weight excluding hydrogens is 701 g/mol. The minimum absolute atomic E-state index is 0.0964. The van der Waals surface area contributed by atoms with E-state index in [1.807, 2.05) is 6.07 Å². The van der Waals surface area contributed by atoms with Gasteiger partial charge in [-0.15, -0.1) is 0 Å². The van der Waals surface area contributed by atoms with Crippen LogP contribution >= 0.6 is 0 Å². The molecule has 0 spiro atoms. The van der Waals surface area contributed by atoms with Crippen molar-refractivity contribution >= 4 is 27.7 Å². The number of ether oxygens (including phenoxy) is 1. The summed E-state index contributed by atoms with van der Waals surface area (Å²) in [4.78, 5) is 26.4. The third-order valence-corrected chi connectivity index (χ3v) is 10.5. The van der Waals surface area contributed by atoms with Gasteiger partial charge >= 0.3 is 16.1 Å². The van der Waals surface area contributed by atoms with Crippen LogP contribution in [0.2, 0.25) is 0 Å². The van der Waals surface area contributed by atoms with Crippen LogP contribution in [0.3, 0.4) is 0 Å². The Hall–Kier alpha value is -4.90. The van der Waals surface area contributed by atoms with E-state index in [0.29, 0.717) is 34.4 Å². The molecule has 2 saturated heterocycles. The summed E-state index contributed by atoms with van der Waals surface area (Å²) < 4.78 is 49.1.